The normalized spacial score (nSPS) is 41.8. The number of hydrogen-bond donors (Lipinski definition) is 2. The molecule has 12 heavy (non-hydrogen) atoms. The van der Waals surface area contributed by atoms with Gasteiger partial charge in [-0.3, -0.25) is 0 Å². The summed E-state index contributed by atoms with van der Waals surface area (Å²) in [6.45, 7) is 1.98. The Morgan fingerprint density at radius 3 is 1.92 bits per heavy atom. The second-order valence-electron chi connectivity index (χ2n) is 4.99. The highest BCUT2D eigenvalue weighted by Gasteiger charge is 2.41. The first-order valence-electron chi connectivity index (χ1n) is 5.15. The lowest BCUT2D eigenvalue weighted by Crippen LogP contribution is -2.57. The van der Waals surface area contributed by atoms with E-state index in [1.54, 1.807) is 0 Å². The van der Waals surface area contributed by atoms with E-state index in [1.807, 2.05) is 6.92 Å². The lowest BCUT2D eigenvalue weighted by molar-refractivity contribution is 0.0501. The largest absolute Gasteiger partial charge is 0.313 e. The van der Waals surface area contributed by atoms with E-state index in [2.05, 4.69) is 0 Å². The molecule has 0 heterocycles. The van der Waals surface area contributed by atoms with Crippen LogP contribution < -0.4 is 11.5 Å². The van der Waals surface area contributed by atoms with E-state index < -0.39 is 5.66 Å². The molecule has 0 aromatic carbocycles. The van der Waals surface area contributed by atoms with Gasteiger partial charge in [-0.15, -0.1) is 0 Å². The van der Waals surface area contributed by atoms with Crippen LogP contribution in [-0.4, -0.2) is 5.66 Å². The zero-order valence-electron chi connectivity index (χ0n) is 7.92. The maximum Gasteiger partial charge on any atom is 0.0639 e. The predicted molar refractivity (Wildman–Crippen MR) is 50.3 cm³/mol. The zero-order valence-corrected chi connectivity index (χ0v) is 7.92. The SMILES string of the molecule is CC(N)(N)C1CC2CCC1CC2. The van der Waals surface area contributed by atoms with Gasteiger partial charge in [0.05, 0.1) is 5.66 Å². The van der Waals surface area contributed by atoms with E-state index in [0.29, 0.717) is 5.92 Å². The minimum Gasteiger partial charge on any atom is -0.313 e. The van der Waals surface area contributed by atoms with Crippen LogP contribution >= 0.6 is 0 Å². The number of hydrogen-bond acceptors (Lipinski definition) is 2. The van der Waals surface area contributed by atoms with Crippen LogP contribution in [0.4, 0.5) is 0 Å². The molecular formula is C10H20N2. The maximum atomic E-state index is 5.97. The predicted octanol–water partition coefficient (Wildman–Crippen LogP) is 1.45. The van der Waals surface area contributed by atoms with Gasteiger partial charge in [0.25, 0.3) is 0 Å². The molecule has 0 saturated heterocycles. The van der Waals surface area contributed by atoms with Crippen LogP contribution in [-0.2, 0) is 0 Å². The Hall–Kier alpha value is -0.0800. The molecule has 3 aliphatic rings. The summed E-state index contributed by atoms with van der Waals surface area (Å²) < 4.78 is 0. The second-order valence-corrected chi connectivity index (χ2v) is 4.99. The van der Waals surface area contributed by atoms with Gasteiger partial charge in [-0.1, -0.05) is 12.8 Å². The van der Waals surface area contributed by atoms with Crippen LogP contribution in [0.2, 0.25) is 0 Å². The van der Waals surface area contributed by atoms with Crippen molar-refractivity contribution >= 4 is 0 Å². The fourth-order valence-corrected chi connectivity index (χ4v) is 3.14. The molecule has 1 unspecified atom stereocenters. The van der Waals surface area contributed by atoms with Crippen molar-refractivity contribution in [2.45, 2.75) is 44.7 Å². The van der Waals surface area contributed by atoms with Gasteiger partial charge in [0.1, 0.15) is 0 Å². The molecule has 4 N–H and O–H groups in total. The molecule has 0 aromatic rings. The summed E-state index contributed by atoms with van der Waals surface area (Å²) in [6, 6.07) is 0. The topological polar surface area (TPSA) is 52.0 Å². The molecular weight excluding hydrogens is 148 g/mol. The van der Waals surface area contributed by atoms with Gasteiger partial charge in [0, 0.05) is 0 Å². The fraction of sp³-hybridized carbons (Fsp3) is 1.00. The van der Waals surface area contributed by atoms with Crippen molar-refractivity contribution in [3.05, 3.63) is 0 Å². The van der Waals surface area contributed by atoms with Crippen molar-refractivity contribution in [3.63, 3.8) is 0 Å². The van der Waals surface area contributed by atoms with Crippen molar-refractivity contribution in [2.24, 2.45) is 29.2 Å². The van der Waals surface area contributed by atoms with Crippen LogP contribution in [0.3, 0.4) is 0 Å². The summed E-state index contributed by atoms with van der Waals surface area (Å²) in [5.41, 5.74) is 11.5. The van der Waals surface area contributed by atoms with Gasteiger partial charge in [-0.25, -0.2) is 0 Å². The lowest BCUT2D eigenvalue weighted by atomic mass is 9.61. The van der Waals surface area contributed by atoms with Gasteiger partial charge in [0.2, 0.25) is 0 Å². The van der Waals surface area contributed by atoms with Gasteiger partial charge in [-0.2, -0.15) is 0 Å². The molecule has 0 aliphatic heterocycles. The summed E-state index contributed by atoms with van der Waals surface area (Å²) in [6.07, 6.45) is 6.89. The highest BCUT2D eigenvalue weighted by molar-refractivity contribution is 4.94. The average Bonchev–Trinajstić information content (AvgIpc) is 2.05. The van der Waals surface area contributed by atoms with E-state index >= 15 is 0 Å². The van der Waals surface area contributed by atoms with Crippen LogP contribution in [0, 0.1) is 17.8 Å². The molecule has 70 valence electrons. The Labute approximate surface area is 74.7 Å². The third-order valence-electron chi connectivity index (χ3n) is 3.85. The average molecular weight is 168 g/mol. The third-order valence-corrected chi connectivity index (χ3v) is 3.85. The van der Waals surface area contributed by atoms with Gasteiger partial charge in [-0.05, 0) is 43.9 Å². The van der Waals surface area contributed by atoms with Crippen LogP contribution in [0.5, 0.6) is 0 Å². The summed E-state index contributed by atoms with van der Waals surface area (Å²) in [5, 5.41) is 0. The summed E-state index contributed by atoms with van der Waals surface area (Å²) in [7, 11) is 0. The smallest absolute Gasteiger partial charge is 0.0639 e. The van der Waals surface area contributed by atoms with Crippen LogP contribution in [0.1, 0.15) is 39.0 Å². The minimum absolute atomic E-state index is 0.427. The summed E-state index contributed by atoms with van der Waals surface area (Å²) in [5.74, 6) is 2.35. The number of rotatable bonds is 1. The van der Waals surface area contributed by atoms with E-state index in [0.717, 1.165) is 11.8 Å². The summed E-state index contributed by atoms with van der Waals surface area (Å²) in [4.78, 5) is 0. The Bertz CT molecular complexity index is 163. The Morgan fingerprint density at radius 2 is 1.67 bits per heavy atom. The van der Waals surface area contributed by atoms with E-state index in [9.17, 15) is 0 Å². The molecule has 2 heteroatoms. The monoisotopic (exact) mass is 168 g/mol. The summed E-state index contributed by atoms with van der Waals surface area (Å²) >= 11 is 0. The van der Waals surface area contributed by atoms with Crippen molar-refractivity contribution in [3.8, 4) is 0 Å². The highest BCUT2D eigenvalue weighted by atomic mass is 15.0. The van der Waals surface area contributed by atoms with Crippen LogP contribution in [0.15, 0.2) is 0 Å². The van der Waals surface area contributed by atoms with Crippen molar-refractivity contribution in [1.29, 1.82) is 0 Å². The molecule has 3 fully saturated rings. The fourth-order valence-electron chi connectivity index (χ4n) is 3.14. The molecule has 0 radical (unpaired) electrons. The van der Waals surface area contributed by atoms with Crippen molar-refractivity contribution in [2.75, 3.05) is 0 Å². The molecule has 2 bridgehead atoms. The van der Waals surface area contributed by atoms with Gasteiger partial charge in [0.15, 0.2) is 0 Å². The quantitative estimate of drug-likeness (QED) is 0.582. The molecule has 3 rings (SSSR count). The first-order chi connectivity index (χ1) is 5.57. The zero-order chi connectivity index (χ0) is 8.77. The number of nitrogens with two attached hydrogens (primary N) is 2. The first kappa shape index (κ1) is 8.52. The second kappa shape index (κ2) is 2.71. The lowest BCUT2D eigenvalue weighted by Gasteiger charge is -2.47. The van der Waals surface area contributed by atoms with Gasteiger partial charge >= 0.3 is 0 Å². The Morgan fingerprint density at radius 1 is 1.08 bits per heavy atom. The molecule has 0 aromatic heterocycles. The molecule has 0 spiro atoms. The van der Waals surface area contributed by atoms with Crippen molar-refractivity contribution in [1.82, 2.24) is 0 Å². The Balaban J connectivity index is 2.09. The molecule has 3 saturated carbocycles. The maximum absolute atomic E-state index is 5.97. The van der Waals surface area contributed by atoms with Crippen LogP contribution in [0.25, 0.3) is 0 Å². The Kier molecular flexibility index (Phi) is 1.92. The molecule has 0 amide bonds. The van der Waals surface area contributed by atoms with E-state index in [4.69, 9.17) is 11.5 Å². The molecule has 3 aliphatic carbocycles. The third kappa shape index (κ3) is 1.38. The minimum atomic E-state index is -0.427. The highest BCUT2D eigenvalue weighted by Crippen LogP contribution is 2.47. The van der Waals surface area contributed by atoms with Crippen molar-refractivity contribution < 1.29 is 0 Å². The molecule has 1 atom stereocenters. The first-order valence-corrected chi connectivity index (χ1v) is 5.15. The standard InChI is InChI=1S/C10H20N2/c1-10(11,12)9-6-7-2-4-8(9)5-3-7/h7-9H,2-6,11-12H2,1H3. The van der Waals surface area contributed by atoms with E-state index in [1.165, 1.54) is 32.1 Å². The van der Waals surface area contributed by atoms with E-state index in [-0.39, 0.29) is 0 Å². The molecule has 2 nitrogen and oxygen atoms in total. The number of fused-ring (bicyclic) bond motifs is 3. The van der Waals surface area contributed by atoms with Gasteiger partial charge < -0.3 is 11.5 Å².